The zero-order chi connectivity index (χ0) is 41.6. The molecule has 9 heteroatoms. The molecule has 1 amide bonds. The number of amides is 1. The monoisotopic (exact) mass is 814 g/mol. The van der Waals surface area contributed by atoms with Crippen LogP contribution in [-0.2, 0) is 14.3 Å². The normalized spacial score (nSPS) is 20.9. The van der Waals surface area contributed by atoms with E-state index in [9.17, 15) is 30.3 Å². The Bertz CT molecular complexity index is 862. The van der Waals surface area contributed by atoms with Crippen LogP contribution in [0.5, 0.6) is 0 Å². The molecule has 0 aromatic rings. The van der Waals surface area contributed by atoms with Gasteiger partial charge in [-0.05, 0) is 12.8 Å². The lowest BCUT2D eigenvalue weighted by atomic mass is 9.99. The lowest BCUT2D eigenvalue weighted by Crippen LogP contribution is -2.60. The van der Waals surface area contributed by atoms with Crippen molar-refractivity contribution >= 4 is 5.91 Å². The van der Waals surface area contributed by atoms with Gasteiger partial charge >= 0.3 is 0 Å². The average molecular weight is 814 g/mol. The van der Waals surface area contributed by atoms with Crippen LogP contribution in [0.15, 0.2) is 0 Å². The van der Waals surface area contributed by atoms with Crippen LogP contribution in [0.25, 0.3) is 0 Å². The molecule has 57 heavy (non-hydrogen) atoms. The Morgan fingerprint density at radius 1 is 0.526 bits per heavy atom. The molecule has 0 aromatic heterocycles. The highest BCUT2D eigenvalue weighted by molar-refractivity contribution is 5.76. The van der Waals surface area contributed by atoms with Crippen molar-refractivity contribution < 1.29 is 39.8 Å². The quantitative estimate of drug-likeness (QED) is 0.0334. The molecule has 1 heterocycles. The average Bonchev–Trinajstić information content (AvgIpc) is 3.21. The maximum atomic E-state index is 12.7. The maximum absolute atomic E-state index is 12.7. The summed E-state index contributed by atoms with van der Waals surface area (Å²) in [4.78, 5) is 12.7. The Balaban J connectivity index is 2.05. The van der Waals surface area contributed by atoms with E-state index in [1.807, 2.05) is 0 Å². The van der Waals surface area contributed by atoms with Gasteiger partial charge in [-0.15, -0.1) is 0 Å². The fourth-order valence-electron chi connectivity index (χ4n) is 8.22. The molecule has 7 unspecified atom stereocenters. The predicted octanol–water partition coefficient (Wildman–Crippen LogP) is 10.7. The Labute approximate surface area is 351 Å². The van der Waals surface area contributed by atoms with Crippen molar-refractivity contribution in [3.05, 3.63) is 0 Å². The second-order valence-corrected chi connectivity index (χ2v) is 17.6. The van der Waals surface area contributed by atoms with Gasteiger partial charge in [0.25, 0.3) is 0 Å². The van der Waals surface area contributed by atoms with Gasteiger partial charge in [-0.2, -0.15) is 0 Å². The second-order valence-electron chi connectivity index (χ2n) is 17.6. The summed E-state index contributed by atoms with van der Waals surface area (Å²) < 4.78 is 11.2. The molecular formula is C48H95NO8. The summed E-state index contributed by atoms with van der Waals surface area (Å²) in [6, 6.07) is -0.709. The van der Waals surface area contributed by atoms with E-state index in [1.165, 1.54) is 167 Å². The molecule has 1 rings (SSSR count). The highest BCUT2D eigenvalue weighted by Crippen LogP contribution is 2.23. The van der Waals surface area contributed by atoms with Crippen molar-refractivity contribution in [3.63, 3.8) is 0 Å². The lowest BCUT2D eigenvalue weighted by molar-refractivity contribution is -0.302. The van der Waals surface area contributed by atoms with Crippen LogP contribution in [-0.4, -0.2) is 87.5 Å². The molecule has 1 aliphatic heterocycles. The summed E-state index contributed by atoms with van der Waals surface area (Å²) in [6.07, 6.45) is 37.6. The highest BCUT2D eigenvalue weighted by atomic mass is 16.7. The third kappa shape index (κ3) is 30.0. The first kappa shape index (κ1) is 54.2. The van der Waals surface area contributed by atoms with Crippen molar-refractivity contribution in [2.75, 3.05) is 13.2 Å². The molecule has 6 N–H and O–H groups in total. The van der Waals surface area contributed by atoms with Crippen LogP contribution >= 0.6 is 0 Å². The first-order valence-corrected chi connectivity index (χ1v) is 24.7. The number of aliphatic hydroxyl groups is 5. The van der Waals surface area contributed by atoms with E-state index in [0.717, 1.165) is 51.4 Å². The van der Waals surface area contributed by atoms with Crippen molar-refractivity contribution in [2.24, 2.45) is 0 Å². The second kappa shape index (κ2) is 39.3. The summed E-state index contributed by atoms with van der Waals surface area (Å²) in [5, 5.41) is 54.0. The fraction of sp³-hybridized carbons (Fsp3) is 0.979. The van der Waals surface area contributed by atoms with Crippen LogP contribution < -0.4 is 5.32 Å². The number of unbranched alkanes of at least 4 members (excludes halogenated alkanes) is 32. The molecule has 0 aromatic carbocycles. The summed E-state index contributed by atoms with van der Waals surface area (Å²) >= 11 is 0. The van der Waals surface area contributed by atoms with E-state index in [4.69, 9.17) is 9.47 Å². The van der Waals surface area contributed by atoms with Gasteiger partial charge in [0, 0.05) is 6.42 Å². The van der Waals surface area contributed by atoms with E-state index < -0.39 is 49.5 Å². The minimum Gasteiger partial charge on any atom is -0.394 e. The van der Waals surface area contributed by atoms with Crippen LogP contribution in [0, 0.1) is 0 Å². The van der Waals surface area contributed by atoms with Crippen molar-refractivity contribution in [1.29, 1.82) is 0 Å². The standard InChI is InChI=1S/C48H95NO8/c1-3-5-7-9-10-11-12-13-14-15-16-17-18-19-20-21-22-23-24-25-26-27-28-29-30-31-32-34-35-37-42(51)41(49-44(52)38-36-33-8-6-4-2)40-56-48-47(55)46(54)45(53)43(39-50)57-48/h41-43,45-48,50-51,53-55H,3-40H2,1-2H3,(H,49,52). The van der Waals surface area contributed by atoms with Gasteiger partial charge < -0.3 is 40.3 Å². The first-order valence-electron chi connectivity index (χ1n) is 24.7. The third-order valence-corrected chi connectivity index (χ3v) is 12.2. The van der Waals surface area contributed by atoms with E-state index >= 15 is 0 Å². The van der Waals surface area contributed by atoms with E-state index in [2.05, 4.69) is 19.2 Å². The van der Waals surface area contributed by atoms with Crippen LogP contribution in [0.1, 0.15) is 245 Å². The summed E-state index contributed by atoms with van der Waals surface area (Å²) in [7, 11) is 0. The van der Waals surface area contributed by atoms with Gasteiger partial charge in [0.15, 0.2) is 6.29 Å². The highest BCUT2D eigenvalue weighted by Gasteiger charge is 2.44. The van der Waals surface area contributed by atoms with Gasteiger partial charge in [-0.3, -0.25) is 4.79 Å². The molecule has 1 saturated heterocycles. The largest absolute Gasteiger partial charge is 0.394 e. The van der Waals surface area contributed by atoms with Gasteiger partial charge in [0.1, 0.15) is 24.4 Å². The lowest BCUT2D eigenvalue weighted by Gasteiger charge is -2.40. The zero-order valence-electron chi connectivity index (χ0n) is 37.4. The molecule has 340 valence electrons. The molecule has 0 saturated carbocycles. The molecule has 0 spiro atoms. The van der Waals surface area contributed by atoms with E-state index in [0.29, 0.717) is 12.8 Å². The summed E-state index contributed by atoms with van der Waals surface area (Å²) in [5.41, 5.74) is 0. The van der Waals surface area contributed by atoms with Gasteiger partial charge in [-0.25, -0.2) is 0 Å². The molecule has 9 nitrogen and oxygen atoms in total. The molecule has 0 aliphatic carbocycles. The van der Waals surface area contributed by atoms with Crippen molar-refractivity contribution in [1.82, 2.24) is 5.32 Å². The Morgan fingerprint density at radius 2 is 0.877 bits per heavy atom. The van der Waals surface area contributed by atoms with Crippen molar-refractivity contribution in [3.8, 4) is 0 Å². The molecule has 1 aliphatic rings. The Morgan fingerprint density at radius 3 is 1.25 bits per heavy atom. The number of aliphatic hydroxyl groups excluding tert-OH is 5. The summed E-state index contributed by atoms with van der Waals surface area (Å²) in [5.74, 6) is -0.154. The number of ether oxygens (including phenoxy) is 2. The molecule has 7 atom stereocenters. The number of nitrogens with one attached hydrogen (secondary N) is 1. The van der Waals surface area contributed by atoms with Crippen molar-refractivity contribution in [2.45, 2.75) is 288 Å². The van der Waals surface area contributed by atoms with Crippen LogP contribution in [0.3, 0.4) is 0 Å². The SMILES string of the molecule is CCCCCCCCCCCCCCCCCCCCCCCCCCCCCCCC(O)C(COC1OC(CO)C(O)C(O)C1O)NC(=O)CCCCCCC. The number of hydrogen-bond donors (Lipinski definition) is 6. The Hall–Kier alpha value is -0.810. The van der Waals surface area contributed by atoms with Gasteiger partial charge in [0.2, 0.25) is 5.91 Å². The molecule has 0 radical (unpaired) electrons. The number of carbonyl (C=O) groups is 1. The van der Waals surface area contributed by atoms with Crippen LogP contribution in [0.2, 0.25) is 0 Å². The number of hydrogen-bond acceptors (Lipinski definition) is 8. The van der Waals surface area contributed by atoms with Gasteiger partial charge in [0.05, 0.1) is 25.4 Å². The van der Waals surface area contributed by atoms with E-state index in [1.54, 1.807) is 0 Å². The fourth-order valence-corrected chi connectivity index (χ4v) is 8.22. The summed E-state index contributed by atoms with van der Waals surface area (Å²) in [6.45, 7) is 3.76. The smallest absolute Gasteiger partial charge is 0.220 e. The Kier molecular flexibility index (Phi) is 37.4. The van der Waals surface area contributed by atoms with Gasteiger partial charge in [-0.1, -0.05) is 226 Å². The maximum Gasteiger partial charge on any atom is 0.220 e. The molecular weight excluding hydrogens is 719 g/mol. The zero-order valence-corrected chi connectivity index (χ0v) is 37.4. The minimum atomic E-state index is -1.55. The predicted molar refractivity (Wildman–Crippen MR) is 235 cm³/mol. The van der Waals surface area contributed by atoms with Crippen LogP contribution in [0.4, 0.5) is 0 Å². The molecule has 0 bridgehead atoms. The molecule has 1 fully saturated rings. The third-order valence-electron chi connectivity index (χ3n) is 12.2. The number of carbonyl (C=O) groups excluding carboxylic acids is 1. The first-order chi connectivity index (χ1) is 27.8. The van der Waals surface area contributed by atoms with E-state index in [-0.39, 0.29) is 12.5 Å². The minimum absolute atomic E-state index is 0.134. The number of rotatable bonds is 42. The topological polar surface area (TPSA) is 149 Å².